The summed E-state index contributed by atoms with van der Waals surface area (Å²) in [7, 11) is 0. The molecule has 5 aliphatic rings. The fourth-order valence-electron chi connectivity index (χ4n) is 20.7. The molecule has 0 saturated carbocycles. The van der Waals surface area contributed by atoms with Crippen LogP contribution in [0.5, 0.6) is 0 Å². The first kappa shape index (κ1) is 62.8. The molecule has 17 aromatic carbocycles. The van der Waals surface area contributed by atoms with Gasteiger partial charge in [0.05, 0.1) is 31.6 Å². The van der Waals surface area contributed by atoms with Crippen LogP contribution in [-0.2, 0) is 16.2 Å². The highest BCUT2D eigenvalue weighted by Gasteiger charge is 2.54. The summed E-state index contributed by atoms with van der Waals surface area (Å²) in [5.41, 5.74) is 39.0. The van der Waals surface area contributed by atoms with Crippen LogP contribution in [0.25, 0.3) is 129 Å². The molecule has 0 amide bonds. The number of rotatable bonds is 9. The van der Waals surface area contributed by atoms with E-state index in [-0.39, 0.29) is 5.41 Å². The fraction of sp³-hybridized carbons (Fsp3) is 0.0467. The lowest BCUT2D eigenvalue weighted by atomic mass is 9.70. The van der Waals surface area contributed by atoms with E-state index >= 15 is 0 Å². The standard InChI is InChI=1S/C107H68N2S2/c1-105(2)94-59-68(67-45-43-66(44-46-67)65-23-5-3-6-24-65)47-53-80(94)81-56-50-72(62-95(81)105)108(71-25-7-4-8-26-71)73-51-57-84-79-31-13-19-39-93(79)107(98(84)63-73)92-38-18-12-29-77(92)82-54-48-69(60-96(82)107)70-49-55-86-88-34-22-41-100(104(88)111-102(86)61-70)109(99-40-21-33-87-85-32-14-20-42-101(85)110-103(87)99)74-52-58-83-78-30-11-17-37-91(78)106(97(83)64-74)89-35-15-9-27-75(89)76-28-10-16-36-90(76)106/h3-64H,1-2H3. The third kappa shape index (κ3) is 8.66. The van der Waals surface area contributed by atoms with Crippen LogP contribution < -0.4 is 9.80 Å². The SMILES string of the molecule is CC1(C)c2cc(-c3ccc(-c4ccccc4)cc3)ccc2-c2ccc(N(c3ccccc3)c3ccc4c(c3)C3(c5ccccc5-c5ccc(-c6ccc7c(c6)sc6c(N(c8ccc9c(c8)C8(c%10ccccc%10-c%10ccccc%108)c8ccccc8-9)c8cccc9c8sc8ccccc89)cccc67)cc53)c3ccccc3-4)cc21. The maximum Gasteiger partial charge on any atom is 0.0726 e. The van der Waals surface area contributed by atoms with Crippen molar-refractivity contribution in [2.75, 3.05) is 9.80 Å². The molecule has 518 valence electrons. The Balaban J connectivity index is 0.641. The van der Waals surface area contributed by atoms with Crippen LogP contribution in [0, 0.1) is 0 Å². The zero-order valence-electron chi connectivity index (χ0n) is 61.0. The second-order valence-electron chi connectivity index (χ2n) is 31.2. The average Bonchev–Trinajstić information content (AvgIpc) is 1.51. The highest BCUT2D eigenvalue weighted by atomic mass is 32.1. The minimum absolute atomic E-state index is 0.261. The van der Waals surface area contributed by atoms with Crippen LogP contribution in [0.3, 0.4) is 0 Å². The fourth-order valence-corrected chi connectivity index (χ4v) is 23.1. The Morgan fingerprint density at radius 1 is 0.198 bits per heavy atom. The zero-order valence-corrected chi connectivity index (χ0v) is 62.6. The quantitative estimate of drug-likeness (QED) is 0.142. The highest BCUT2D eigenvalue weighted by Crippen LogP contribution is 2.67. The van der Waals surface area contributed by atoms with E-state index < -0.39 is 10.8 Å². The van der Waals surface area contributed by atoms with Crippen LogP contribution in [-0.4, -0.2) is 0 Å². The third-order valence-corrected chi connectivity index (χ3v) is 27.9. The van der Waals surface area contributed by atoms with Crippen LogP contribution in [0.2, 0.25) is 0 Å². The molecule has 19 aromatic rings. The number of hydrogen-bond donors (Lipinski definition) is 0. The van der Waals surface area contributed by atoms with Gasteiger partial charge in [-0.2, -0.15) is 0 Å². The van der Waals surface area contributed by atoms with Gasteiger partial charge in [-0.25, -0.2) is 0 Å². The molecule has 1 unspecified atom stereocenters. The Kier molecular flexibility index (Phi) is 13.2. The number of thiophene rings is 2. The Hall–Kier alpha value is -13.2. The Labute approximate surface area is 653 Å². The first-order chi connectivity index (χ1) is 54.8. The predicted octanol–water partition coefficient (Wildman–Crippen LogP) is 29.4. The summed E-state index contributed by atoms with van der Waals surface area (Å²) < 4.78 is 5.07. The molecule has 0 bridgehead atoms. The lowest BCUT2D eigenvalue weighted by Crippen LogP contribution is -2.26. The number of anilines is 6. The molecule has 0 fully saturated rings. The van der Waals surface area contributed by atoms with E-state index in [1.165, 1.54) is 196 Å². The molecular weight excluding hydrogens is 1380 g/mol. The largest absolute Gasteiger partial charge is 0.310 e. The lowest BCUT2D eigenvalue weighted by Gasteiger charge is -2.33. The molecular formula is C107H68N2S2. The monoisotopic (exact) mass is 1440 g/mol. The molecule has 111 heavy (non-hydrogen) atoms. The van der Waals surface area contributed by atoms with E-state index in [0.29, 0.717) is 0 Å². The van der Waals surface area contributed by atoms with Gasteiger partial charge in [0, 0.05) is 59.1 Å². The second-order valence-corrected chi connectivity index (χ2v) is 33.3. The number of para-hydroxylation sites is 1. The van der Waals surface area contributed by atoms with Crippen molar-refractivity contribution in [3.8, 4) is 89.0 Å². The summed E-state index contributed by atoms with van der Waals surface area (Å²) in [5.74, 6) is 0. The van der Waals surface area contributed by atoms with Crippen molar-refractivity contribution in [1.29, 1.82) is 0 Å². The predicted molar refractivity (Wildman–Crippen MR) is 468 cm³/mol. The first-order valence-electron chi connectivity index (χ1n) is 38.7. The van der Waals surface area contributed by atoms with Gasteiger partial charge in [-0.15, -0.1) is 22.7 Å². The topological polar surface area (TPSA) is 6.48 Å². The van der Waals surface area contributed by atoms with Crippen molar-refractivity contribution in [2.24, 2.45) is 0 Å². The normalized spacial score (nSPS) is 14.9. The van der Waals surface area contributed by atoms with Gasteiger partial charge in [0.2, 0.25) is 0 Å². The molecule has 1 atom stereocenters. The van der Waals surface area contributed by atoms with Crippen molar-refractivity contribution in [2.45, 2.75) is 30.1 Å². The van der Waals surface area contributed by atoms with Gasteiger partial charge in [0.25, 0.3) is 0 Å². The molecule has 0 saturated heterocycles. The van der Waals surface area contributed by atoms with Gasteiger partial charge in [-0.05, 0) is 230 Å². The minimum atomic E-state index is -0.616. The van der Waals surface area contributed by atoms with Gasteiger partial charge in [-0.1, -0.05) is 305 Å². The van der Waals surface area contributed by atoms with Crippen molar-refractivity contribution in [3.63, 3.8) is 0 Å². The van der Waals surface area contributed by atoms with Gasteiger partial charge in [0.1, 0.15) is 0 Å². The summed E-state index contributed by atoms with van der Waals surface area (Å²) in [6.07, 6.45) is 0. The maximum atomic E-state index is 2.60. The Bertz CT molecular complexity index is 7120. The van der Waals surface area contributed by atoms with E-state index in [1.807, 2.05) is 22.7 Å². The second kappa shape index (κ2) is 23.4. The lowest BCUT2D eigenvalue weighted by molar-refractivity contribution is 0.660. The molecule has 0 aliphatic heterocycles. The molecule has 2 spiro atoms. The van der Waals surface area contributed by atoms with Crippen LogP contribution in [0.15, 0.2) is 376 Å². The molecule has 5 aliphatic carbocycles. The van der Waals surface area contributed by atoms with Crippen molar-refractivity contribution >= 4 is 97.1 Å². The van der Waals surface area contributed by atoms with Crippen molar-refractivity contribution < 1.29 is 0 Å². The molecule has 0 radical (unpaired) electrons. The Morgan fingerprint density at radius 3 is 1.05 bits per heavy atom. The van der Waals surface area contributed by atoms with Crippen LogP contribution in [0.1, 0.15) is 69.5 Å². The molecule has 2 heterocycles. The minimum Gasteiger partial charge on any atom is -0.310 e. The van der Waals surface area contributed by atoms with E-state index in [1.54, 1.807) is 0 Å². The number of hydrogen-bond acceptors (Lipinski definition) is 4. The van der Waals surface area contributed by atoms with E-state index in [0.717, 1.165) is 22.7 Å². The Morgan fingerprint density at radius 2 is 0.523 bits per heavy atom. The summed E-state index contributed by atoms with van der Waals surface area (Å²) in [4.78, 5) is 5.10. The van der Waals surface area contributed by atoms with E-state index in [4.69, 9.17) is 0 Å². The first-order valence-corrected chi connectivity index (χ1v) is 40.3. The van der Waals surface area contributed by atoms with Gasteiger partial charge < -0.3 is 9.80 Å². The molecule has 2 aromatic heterocycles. The van der Waals surface area contributed by atoms with Crippen LogP contribution >= 0.6 is 22.7 Å². The number of nitrogens with zero attached hydrogens (tertiary/aromatic N) is 2. The van der Waals surface area contributed by atoms with E-state index in [2.05, 4.69) is 400 Å². The summed E-state index contributed by atoms with van der Waals surface area (Å²) >= 11 is 3.81. The summed E-state index contributed by atoms with van der Waals surface area (Å²) in [5, 5.41) is 5.07. The van der Waals surface area contributed by atoms with Crippen LogP contribution in [0.4, 0.5) is 34.1 Å². The smallest absolute Gasteiger partial charge is 0.0726 e. The summed E-state index contributed by atoms with van der Waals surface area (Å²) in [6, 6.07) is 143. The molecule has 2 nitrogen and oxygen atoms in total. The number of fused-ring (bicyclic) bond motifs is 29. The maximum absolute atomic E-state index is 2.60. The molecule has 4 heteroatoms. The van der Waals surface area contributed by atoms with Crippen molar-refractivity contribution in [1.82, 2.24) is 0 Å². The highest BCUT2D eigenvalue weighted by molar-refractivity contribution is 7.27. The van der Waals surface area contributed by atoms with Crippen molar-refractivity contribution in [3.05, 3.63) is 432 Å². The van der Waals surface area contributed by atoms with Gasteiger partial charge in [0.15, 0.2) is 0 Å². The molecule has 24 rings (SSSR count). The third-order valence-electron chi connectivity index (χ3n) is 25.5. The van der Waals surface area contributed by atoms with Gasteiger partial charge in [-0.3, -0.25) is 0 Å². The van der Waals surface area contributed by atoms with E-state index in [9.17, 15) is 0 Å². The average molecular weight is 1450 g/mol. The summed E-state index contributed by atoms with van der Waals surface area (Å²) in [6.45, 7) is 4.82. The number of benzene rings is 17. The van der Waals surface area contributed by atoms with Gasteiger partial charge >= 0.3 is 0 Å². The molecule has 0 N–H and O–H groups in total. The zero-order chi connectivity index (χ0) is 73.0.